The van der Waals surface area contributed by atoms with Crippen molar-refractivity contribution < 1.29 is 9.21 Å². The smallest absolute Gasteiger partial charge is 0.244 e. The van der Waals surface area contributed by atoms with Crippen molar-refractivity contribution in [3.05, 3.63) is 70.7 Å². The highest BCUT2D eigenvalue weighted by molar-refractivity contribution is 6.30. The molecule has 0 N–H and O–H groups in total. The Kier molecular flexibility index (Phi) is 4.99. The number of oxazole rings is 1. The topological polar surface area (TPSA) is 64.2 Å². The second kappa shape index (κ2) is 7.56. The van der Waals surface area contributed by atoms with Crippen LogP contribution in [-0.2, 0) is 17.8 Å². The van der Waals surface area contributed by atoms with E-state index in [1.807, 2.05) is 42.3 Å². The van der Waals surface area contributed by atoms with Crippen LogP contribution < -0.4 is 0 Å². The number of hydrogen-bond acceptors (Lipinski definition) is 4. The number of carbonyl (C=O) groups is 1. The maximum Gasteiger partial charge on any atom is 0.244 e. The summed E-state index contributed by atoms with van der Waals surface area (Å²) in [5.41, 5.74) is 2.15. The minimum atomic E-state index is -0.104. The van der Waals surface area contributed by atoms with Crippen LogP contribution in [0.2, 0.25) is 5.02 Å². The van der Waals surface area contributed by atoms with Crippen molar-refractivity contribution in [3.8, 4) is 0 Å². The Balaban J connectivity index is 1.45. The monoisotopic (exact) mass is 384 g/mol. The summed E-state index contributed by atoms with van der Waals surface area (Å²) in [6.07, 6.45) is 7.84. The lowest BCUT2D eigenvalue weighted by atomic mass is 10.1. The molecule has 1 amide bonds. The van der Waals surface area contributed by atoms with Gasteiger partial charge in [-0.2, -0.15) is 5.10 Å². The summed E-state index contributed by atoms with van der Waals surface area (Å²) in [6.45, 7) is 2.92. The Labute approximate surface area is 162 Å². The van der Waals surface area contributed by atoms with E-state index in [0.717, 1.165) is 36.3 Å². The zero-order chi connectivity index (χ0) is 18.8. The zero-order valence-electron chi connectivity index (χ0n) is 15.1. The third-order valence-corrected chi connectivity index (χ3v) is 5.03. The molecule has 1 atom stereocenters. The summed E-state index contributed by atoms with van der Waals surface area (Å²) in [7, 11) is 0. The first-order chi connectivity index (χ1) is 13.1. The molecule has 1 aliphatic rings. The van der Waals surface area contributed by atoms with E-state index >= 15 is 0 Å². The first-order valence-corrected chi connectivity index (χ1v) is 9.44. The largest absolute Gasteiger partial charge is 0.443 e. The first-order valence-electron chi connectivity index (χ1n) is 9.06. The molecule has 0 aliphatic carbocycles. The van der Waals surface area contributed by atoms with Gasteiger partial charge in [-0.05, 0) is 43.0 Å². The minimum Gasteiger partial charge on any atom is -0.443 e. The quantitative estimate of drug-likeness (QED) is 0.671. The number of aryl methyl sites for hydroxylation is 1. The van der Waals surface area contributed by atoms with Crippen molar-refractivity contribution in [1.29, 1.82) is 0 Å². The SMILES string of the molecule is Cc1cnn(CC(=O)N2CCCC2c2ncc(Cc3ccc(Cl)cc3)o2)c1. The molecule has 1 unspecified atom stereocenters. The van der Waals surface area contributed by atoms with Gasteiger partial charge in [-0.25, -0.2) is 4.98 Å². The van der Waals surface area contributed by atoms with Crippen molar-refractivity contribution in [2.45, 2.75) is 38.8 Å². The van der Waals surface area contributed by atoms with Gasteiger partial charge in [0.05, 0.1) is 12.4 Å². The standard InChI is InChI=1S/C20H21ClN4O2/c1-14-10-23-24(12-14)13-19(26)25-8-2-3-18(25)20-22-11-17(27-20)9-15-4-6-16(21)7-5-15/h4-7,10-12,18H,2-3,8-9,13H2,1H3. The van der Waals surface area contributed by atoms with Crippen LogP contribution in [0.1, 0.15) is 41.7 Å². The molecule has 27 heavy (non-hydrogen) atoms. The number of aromatic nitrogens is 3. The van der Waals surface area contributed by atoms with E-state index in [1.165, 1.54) is 0 Å². The molecule has 3 heterocycles. The molecule has 7 heteroatoms. The van der Waals surface area contributed by atoms with E-state index in [2.05, 4.69) is 10.1 Å². The molecule has 1 aliphatic heterocycles. The van der Waals surface area contributed by atoms with Crippen LogP contribution in [-0.4, -0.2) is 32.1 Å². The Bertz CT molecular complexity index is 932. The molecule has 6 nitrogen and oxygen atoms in total. The summed E-state index contributed by atoms with van der Waals surface area (Å²) in [5, 5.41) is 4.92. The van der Waals surface area contributed by atoms with Gasteiger partial charge < -0.3 is 9.32 Å². The van der Waals surface area contributed by atoms with Gasteiger partial charge in [0.25, 0.3) is 0 Å². The summed E-state index contributed by atoms with van der Waals surface area (Å²) in [4.78, 5) is 19.0. The van der Waals surface area contributed by atoms with Crippen molar-refractivity contribution >= 4 is 17.5 Å². The number of likely N-dealkylation sites (tertiary alicyclic amines) is 1. The summed E-state index contributed by atoms with van der Waals surface area (Å²) >= 11 is 5.93. The highest BCUT2D eigenvalue weighted by Crippen LogP contribution is 2.32. The van der Waals surface area contributed by atoms with Gasteiger partial charge in [0.15, 0.2) is 0 Å². The molecular formula is C20H21ClN4O2. The number of carbonyl (C=O) groups excluding carboxylic acids is 1. The average Bonchev–Trinajstić information content (AvgIpc) is 3.37. The van der Waals surface area contributed by atoms with Crippen molar-refractivity contribution in [2.75, 3.05) is 6.54 Å². The fraction of sp³-hybridized carbons (Fsp3) is 0.350. The lowest BCUT2D eigenvalue weighted by Crippen LogP contribution is -2.33. The molecule has 1 aromatic carbocycles. The van der Waals surface area contributed by atoms with Crippen molar-refractivity contribution in [2.24, 2.45) is 0 Å². The number of halogens is 1. The molecule has 2 aromatic heterocycles. The minimum absolute atomic E-state index is 0.0399. The summed E-state index contributed by atoms with van der Waals surface area (Å²) < 4.78 is 7.65. The Morgan fingerprint density at radius 2 is 2.11 bits per heavy atom. The number of nitrogens with zero attached hydrogens (tertiary/aromatic N) is 4. The maximum atomic E-state index is 12.7. The van der Waals surface area contributed by atoms with Crippen LogP contribution in [0, 0.1) is 6.92 Å². The molecular weight excluding hydrogens is 364 g/mol. The first kappa shape index (κ1) is 17.8. The molecule has 0 bridgehead atoms. The van der Waals surface area contributed by atoms with Crippen molar-refractivity contribution in [3.63, 3.8) is 0 Å². The van der Waals surface area contributed by atoms with Crippen molar-refractivity contribution in [1.82, 2.24) is 19.7 Å². The molecule has 140 valence electrons. The summed E-state index contributed by atoms with van der Waals surface area (Å²) in [6, 6.07) is 7.57. The Morgan fingerprint density at radius 1 is 1.30 bits per heavy atom. The van der Waals surface area contributed by atoms with Crippen LogP contribution in [0.3, 0.4) is 0 Å². The van der Waals surface area contributed by atoms with E-state index in [-0.39, 0.29) is 18.5 Å². The van der Waals surface area contributed by atoms with Crippen LogP contribution in [0.5, 0.6) is 0 Å². The molecule has 0 saturated carbocycles. The fourth-order valence-corrected chi connectivity index (χ4v) is 3.59. The summed E-state index contributed by atoms with van der Waals surface area (Å²) in [5.74, 6) is 1.44. The highest BCUT2D eigenvalue weighted by atomic mass is 35.5. The lowest BCUT2D eigenvalue weighted by molar-refractivity contribution is -0.133. The van der Waals surface area contributed by atoms with E-state index in [1.54, 1.807) is 17.1 Å². The molecule has 1 saturated heterocycles. The number of amides is 1. The number of rotatable bonds is 5. The predicted octanol–water partition coefficient (Wildman–Crippen LogP) is 3.79. The number of benzene rings is 1. The van der Waals surface area contributed by atoms with Gasteiger partial charge >= 0.3 is 0 Å². The van der Waals surface area contributed by atoms with E-state index < -0.39 is 0 Å². The van der Waals surface area contributed by atoms with Crippen LogP contribution in [0.25, 0.3) is 0 Å². The predicted molar refractivity (Wildman–Crippen MR) is 101 cm³/mol. The highest BCUT2D eigenvalue weighted by Gasteiger charge is 2.33. The molecule has 0 radical (unpaired) electrons. The molecule has 4 rings (SSSR count). The normalized spacial score (nSPS) is 16.8. The molecule has 3 aromatic rings. The lowest BCUT2D eigenvalue weighted by Gasteiger charge is -2.22. The third-order valence-electron chi connectivity index (χ3n) is 4.78. The van der Waals surface area contributed by atoms with E-state index in [0.29, 0.717) is 17.3 Å². The van der Waals surface area contributed by atoms with Gasteiger partial charge in [-0.3, -0.25) is 9.48 Å². The van der Waals surface area contributed by atoms with Gasteiger partial charge in [0, 0.05) is 24.2 Å². The number of hydrogen-bond donors (Lipinski definition) is 0. The van der Waals surface area contributed by atoms with Crippen LogP contribution in [0.15, 0.2) is 47.3 Å². The second-order valence-corrected chi connectivity index (χ2v) is 7.36. The third kappa shape index (κ3) is 4.06. The Morgan fingerprint density at radius 3 is 2.85 bits per heavy atom. The van der Waals surface area contributed by atoms with Gasteiger partial charge in [-0.15, -0.1) is 0 Å². The molecule has 1 fully saturated rings. The van der Waals surface area contributed by atoms with E-state index in [4.69, 9.17) is 16.0 Å². The Hall–Kier alpha value is -2.60. The average molecular weight is 385 g/mol. The van der Waals surface area contributed by atoms with Gasteiger partial charge in [0.1, 0.15) is 18.3 Å². The molecule has 0 spiro atoms. The fourth-order valence-electron chi connectivity index (χ4n) is 3.47. The van der Waals surface area contributed by atoms with Gasteiger partial charge in [-0.1, -0.05) is 23.7 Å². The van der Waals surface area contributed by atoms with Crippen LogP contribution >= 0.6 is 11.6 Å². The van der Waals surface area contributed by atoms with E-state index in [9.17, 15) is 4.79 Å². The second-order valence-electron chi connectivity index (χ2n) is 6.93. The zero-order valence-corrected chi connectivity index (χ0v) is 15.9. The maximum absolute atomic E-state index is 12.7. The van der Waals surface area contributed by atoms with Gasteiger partial charge in [0.2, 0.25) is 11.8 Å². The van der Waals surface area contributed by atoms with Crippen LogP contribution in [0.4, 0.5) is 0 Å².